The fraction of sp³-hybridized carbons (Fsp3) is 0.364. The number of anilines is 2. The van der Waals surface area contributed by atoms with Crippen LogP contribution < -0.4 is 11.1 Å². The molecule has 0 fully saturated rings. The monoisotopic (exact) mass is 208 g/mol. The summed E-state index contributed by atoms with van der Waals surface area (Å²) in [6, 6.07) is 5.43. The zero-order valence-corrected chi connectivity index (χ0v) is 9.20. The van der Waals surface area contributed by atoms with Crippen molar-refractivity contribution in [2.75, 3.05) is 11.1 Å². The van der Waals surface area contributed by atoms with E-state index in [2.05, 4.69) is 5.32 Å². The number of amides is 1. The van der Waals surface area contributed by atoms with Crippen molar-refractivity contribution >= 4 is 17.5 Å². The molecule has 1 amide bonds. The topological polar surface area (TPSA) is 64.3 Å². The molecule has 0 aromatic heterocycles. The quantitative estimate of drug-likeness (QED) is 0.734. The van der Waals surface area contributed by atoms with E-state index < -0.39 is 6.09 Å². The highest BCUT2D eigenvalue weighted by atomic mass is 16.6. The van der Waals surface area contributed by atoms with E-state index in [4.69, 9.17) is 10.5 Å². The zero-order valence-electron chi connectivity index (χ0n) is 9.20. The molecule has 0 aliphatic rings. The van der Waals surface area contributed by atoms with Crippen molar-refractivity contribution in [1.82, 2.24) is 0 Å². The number of nitrogens with one attached hydrogen (secondary N) is 1. The summed E-state index contributed by atoms with van der Waals surface area (Å²) < 4.78 is 4.93. The maximum atomic E-state index is 11.3. The lowest BCUT2D eigenvalue weighted by Gasteiger charge is -2.11. The molecule has 0 saturated carbocycles. The Morgan fingerprint density at radius 3 is 2.67 bits per heavy atom. The van der Waals surface area contributed by atoms with E-state index in [1.165, 1.54) is 0 Å². The van der Waals surface area contributed by atoms with Gasteiger partial charge in [-0.2, -0.15) is 0 Å². The molecule has 0 atom stereocenters. The van der Waals surface area contributed by atoms with E-state index in [1.807, 2.05) is 13.0 Å². The van der Waals surface area contributed by atoms with Crippen LogP contribution in [-0.2, 0) is 4.74 Å². The molecule has 82 valence electrons. The van der Waals surface area contributed by atoms with Crippen LogP contribution in [-0.4, -0.2) is 12.2 Å². The third kappa shape index (κ3) is 3.50. The van der Waals surface area contributed by atoms with Crippen LogP contribution in [0.1, 0.15) is 19.4 Å². The third-order valence-corrected chi connectivity index (χ3v) is 1.79. The Morgan fingerprint density at radius 1 is 1.47 bits per heavy atom. The van der Waals surface area contributed by atoms with Crippen LogP contribution in [0.3, 0.4) is 0 Å². The molecule has 4 nitrogen and oxygen atoms in total. The molecule has 0 saturated heterocycles. The summed E-state index contributed by atoms with van der Waals surface area (Å²) in [5, 5.41) is 2.58. The van der Waals surface area contributed by atoms with Gasteiger partial charge in [0.1, 0.15) is 0 Å². The molecule has 1 aromatic carbocycles. The van der Waals surface area contributed by atoms with Crippen LogP contribution in [0.25, 0.3) is 0 Å². The van der Waals surface area contributed by atoms with Gasteiger partial charge in [-0.15, -0.1) is 0 Å². The lowest BCUT2D eigenvalue weighted by atomic mass is 10.2. The zero-order chi connectivity index (χ0) is 11.4. The summed E-state index contributed by atoms with van der Waals surface area (Å²) in [6.45, 7) is 5.52. The summed E-state index contributed by atoms with van der Waals surface area (Å²) in [7, 11) is 0. The largest absolute Gasteiger partial charge is 0.447 e. The van der Waals surface area contributed by atoms with Crippen molar-refractivity contribution in [2.24, 2.45) is 0 Å². The average Bonchev–Trinajstić information content (AvgIpc) is 2.08. The number of carbonyl (C=O) groups is 1. The molecule has 0 aliphatic carbocycles. The Labute approximate surface area is 89.4 Å². The smallest absolute Gasteiger partial charge is 0.411 e. The predicted octanol–water partition coefficient (Wildman–Crippen LogP) is 2.53. The van der Waals surface area contributed by atoms with Crippen LogP contribution in [0, 0.1) is 6.92 Å². The first-order valence-electron chi connectivity index (χ1n) is 4.83. The van der Waals surface area contributed by atoms with Gasteiger partial charge in [-0.25, -0.2) is 4.79 Å². The van der Waals surface area contributed by atoms with Crippen molar-refractivity contribution in [3.8, 4) is 0 Å². The lowest BCUT2D eigenvalue weighted by molar-refractivity contribution is 0.130. The van der Waals surface area contributed by atoms with Gasteiger partial charge in [-0.3, -0.25) is 5.32 Å². The standard InChI is InChI=1S/C11H16N2O2/c1-7(2)15-11(14)13-10-5-4-8(3)6-9(10)12/h4-7H,12H2,1-3H3,(H,13,14). The molecule has 15 heavy (non-hydrogen) atoms. The van der Waals surface area contributed by atoms with E-state index in [0.29, 0.717) is 11.4 Å². The van der Waals surface area contributed by atoms with Gasteiger partial charge in [0.15, 0.2) is 0 Å². The predicted molar refractivity (Wildman–Crippen MR) is 60.8 cm³/mol. The lowest BCUT2D eigenvalue weighted by Crippen LogP contribution is -2.18. The Kier molecular flexibility index (Phi) is 3.55. The molecule has 4 heteroatoms. The number of aryl methyl sites for hydroxylation is 1. The number of hydrogen-bond acceptors (Lipinski definition) is 3. The van der Waals surface area contributed by atoms with Crippen molar-refractivity contribution in [2.45, 2.75) is 26.9 Å². The molecule has 0 radical (unpaired) electrons. The Bertz CT molecular complexity index is 362. The molecule has 1 aromatic rings. The van der Waals surface area contributed by atoms with Crippen LogP contribution in [0.15, 0.2) is 18.2 Å². The van der Waals surface area contributed by atoms with Gasteiger partial charge in [0.2, 0.25) is 0 Å². The summed E-state index contributed by atoms with van der Waals surface area (Å²) >= 11 is 0. The van der Waals surface area contributed by atoms with E-state index in [-0.39, 0.29) is 6.10 Å². The van der Waals surface area contributed by atoms with Gasteiger partial charge in [0.05, 0.1) is 17.5 Å². The Morgan fingerprint density at radius 2 is 2.13 bits per heavy atom. The SMILES string of the molecule is Cc1ccc(NC(=O)OC(C)C)c(N)c1. The number of hydrogen-bond donors (Lipinski definition) is 2. The minimum Gasteiger partial charge on any atom is -0.447 e. The maximum Gasteiger partial charge on any atom is 0.411 e. The highest BCUT2D eigenvalue weighted by Crippen LogP contribution is 2.19. The van der Waals surface area contributed by atoms with Crippen molar-refractivity contribution in [3.05, 3.63) is 23.8 Å². The highest BCUT2D eigenvalue weighted by Gasteiger charge is 2.07. The first-order valence-corrected chi connectivity index (χ1v) is 4.83. The Balaban J connectivity index is 2.68. The molecule has 0 spiro atoms. The maximum absolute atomic E-state index is 11.3. The van der Waals surface area contributed by atoms with Crippen molar-refractivity contribution in [1.29, 1.82) is 0 Å². The van der Waals surface area contributed by atoms with E-state index in [9.17, 15) is 4.79 Å². The fourth-order valence-electron chi connectivity index (χ4n) is 1.15. The van der Waals surface area contributed by atoms with Gasteiger partial charge in [-0.1, -0.05) is 6.07 Å². The molecule has 0 aliphatic heterocycles. The Hall–Kier alpha value is -1.71. The highest BCUT2D eigenvalue weighted by molar-refractivity contribution is 5.89. The van der Waals surface area contributed by atoms with Crippen LogP contribution in [0.2, 0.25) is 0 Å². The molecule has 0 heterocycles. The van der Waals surface area contributed by atoms with Crippen molar-refractivity contribution in [3.63, 3.8) is 0 Å². The number of ether oxygens (including phenoxy) is 1. The summed E-state index contributed by atoms with van der Waals surface area (Å²) in [5.74, 6) is 0. The van der Waals surface area contributed by atoms with Gasteiger partial charge >= 0.3 is 6.09 Å². The van der Waals surface area contributed by atoms with Crippen LogP contribution >= 0.6 is 0 Å². The fourth-order valence-corrected chi connectivity index (χ4v) is 1.15. The van der Waals surface area contributed by atoms with Gasteiger partial charge in [0.25, 0.3) is 0 Å². The van der Waals surface area contributed by atoms with Crippen molar-refractivity contribution < 1.29 is 9.53 Å². The second kappa shape index (κ2) is 4.68. The second-order valence-electron chi connectivity index (χ2n) is 3.67. The normalized spacial score (nSPS) is 10.1. The minimum atomic E-state index is -0.486. The minimum absolute atomic E-state index is 0.142. The number of nitrogens with two attached hydrogens (primary N) is 1. The van der Waals surface area contributed by atoms with Crippen LogP contribution in [0.5, 0.6) is 0 Å². The summed E-state index contributed by atoms with van der Waals surface area (Å²) in [4.78, 5) is 11.3. The third-order valence-electron chi connectivity index (χ3n) is 1.79. The molecule has 3 N–H and O–H groups in total. The van der Waals surface area contributed by atoms with E-state index in [0.717, 1.165) is 5.56 Å². The summed E-state index contributed by atoms with van der Waals surface area (Å²) in [6.07, 6.45) is -0.628. The first-order chi connectivity index (χ1) is 6.99. The first kappa shape index (κ1) is 11.4. The van der Waals surface area contributed by atoms with E-state index in [1.54, 1.807) is 26.0 Å². The molecule has 0 bridgehead atoms. The van der Waals surface area contributed by atoms with Gasteiger partial charge in [0, 0.05) is 0 Å². The molecular formula is C11H16N2O2. The molecular weight excluding hydrogens is 192 g/mol. The molecule has 0 unspecified atom stereocenters. The number of rotatable bonds is 2. The number of carbonyl (C=O) groups excluding carboxylic acids is 1. The average molecular weight is 208 g/mol. The summed E-state index contributed by atoms with van der Waals surface area (Å²) in [5.41, 5.74) is 7.89. The second-order valence-corrected chi connectivity index (χ2v) is 3.67. The van der Waals surface area contributed by atoms with Gasteiger partial charge in [-0.05, 0) is 38.5 Å². The number of nitrogen functional groups attached to an aromatic ring is 1. The van der Waals surface area contributed by atoms with E-state index >= 15 is 0 Å². The molecule has 1 rings (SSSR count). The number of benzene rings is 1. The van der Waals surface area contributed by atoms with Gasteiger partial charge < -0.3 is 10.5 Å². The van der Waals surface area contributed by atoms with Crippen LogP contribution in [0.4, 0.5) is 16.2 Å².